The molecule has 0 bridgehead atoms. The van der Waals surface area contributed by atoms with Crippen LogP contribution in [-0.4, -0.2) is 25.2 Å². The summed E-state index contributed by atoms with van der Waals surface area (Å²) in [4.78, 5) is 23.8. The van der Waals surface area contributed by atoms with Crippen molar-refractivity contribution in [3.8, 4) is 0 Å². The Bertz CT molecular complexity index is 488. The number of hydrogen-bond donors (Lipinski definition) is 2. The molecule has 1 aromatic carbocycles. The van der Waals surface area contributed by atoms with E-state index in [-0.39, 0.29) is 5.92 Å². The van der Waals surface area contributed by atoms with Crippen molar-refractivity contribution in [2.45, 2.75) is 39.7 Å². The van der Waals surface area contributed by atoms with Crippen LogP contribution >= 0.6 is 0 Å². The lowest BCUT2D eigenvalue weighted by atomic mass is 9.99. The van der Waals surface area contributed by atoms with E-state index in [1.165, 1.54) is 7.11 Å². The van der Waals surface area contributed by atoms with Gasteiger partial charge in [-0.2, -0.15) is 0 Å². The van der Waals surface area contributed by atoms with E-state index < -0.39 is 18.0 Å². The van der Waals surface area contributed by atoms with E-state index in [1.807, 2.05) is 38.1 Å². The van der Waals surface area contributed by atoms with E-state index in [0.29, 0.717) is 5.69 Å². The van der Waals surface area contributed by atoms with Crippen molar-refractivity contribution in [3.63, 3.8) is 0 Å². The molecule has 2 amide bonds. The second-order valence-electron chi connectivity index (χ2n) is 5.04. The molecule has 5 nitrogen and oxygen atoms in total. The van der Waals surface area contributed by atoms with Gasteiger partial charge in [-0.25, -0.2) is 9.59 Å². The molecule has 0 fully saturated rings. The Morgan fingerprint density at radius 1 is 1.29 bits per heavy atom. The second-order valence-corrected chi connectivity index (χ2v) is 5.04. The monoisotopic (exact) mass is 292 g/mol. The molecule has 0 aromatic heterocycles. The number of rotatable bonds is 6. The topological polar surface area (TPSA) is 67.4 Å². The molecule has 0 radical (unpaired) electrons. The van der Waals surface area contributed by atoms with E-state index >= 15 is 0 Å². The zero-order valence-corrected chi connectivity index (χ0v) is 13.1. The van der Waals surface area contributed by atoms with Gasteiger partial charge in [0.25, 0.3) is 0 Å². The molecule has 1 rings (SSSR count). The molecule has 1 aromatic rings. The van der Waals surface area contributed by atoms with Crippen LogP contribution < -0.4 is 10.6 Å². The zero-order chi connectivity index (χ0) is 15.8. The summed E-state index contributed by atoms with van der Waals surface area (Å²) in [5.74, 6) is -0.424. The van der Waals surface area contributed by atoms with E-state index in [2.05, 4.69) is 17.6 Å². The van der Waals surface area contributed by atoms with Gasteiger partial charge in [-0.1, -0.05) is 39.3 Å². The second kappa shape index (κ2) is 8.29. The van der Waals surface area contributed by atoms with Crippen molar-refractivity contribution >= 4 is 17.7 Å². The largest absolute Gasteiger partial charge is 0.467 e. The van der Waals surface area contributed by atoms with Crippen LogP contribution in [-0.2, 0) is 16.0 Å². The van der Waals surface area contributed by atoms with E-state index in [9.17, 15) is 9.59 Å². The molecule has 0 heterocycles. The van der Waals surface area contributed by atoms with Crippen LogP contribution in [0.2, 0.25) is 0 Å². The Morgan fingerprint density at radius 3 is 2.57 bits per heavy atom. The quantitative estimate of drug-likeness (QED) is 0.792. The number of anilines is 1. The van der Waals surface area contributed by atoms with Gasteiger partial charge in [0.15, 0.2) is 0 Å². The molecule has 2 atom stereocenters. The van der Waals surface area contributed by atoms with Gasteiger partial charge in [0.2, 0.25) is 0 Å². The van der Waals surface area contributed by atoms with Gasteiger partial charge in [0.05, 0.1) is 7.11 Å². The molecule has 0 saturated carbocycles. The van der Waals surface area contributed by atoms with Crippen LogP contribution in [0.25, 0.3) is 0 Å². The van der Waals surface area contributed by atoms with Crippen molar-refractivity contribution in [1.29, 1.82) is 0 Å². The molecular formula is C16H24N2O3. The lowest BCUT2D eigenvalue weighted by Gasteiger charge is -2.22. The zero-order valence-electron chi connectivity index (χ0n) is 13.1. The molecule has 116 valence electrons. The molecule has 0 aliphatic carbocycles. The highest BCUT2D eigenvalue weighted by molar-refractivity contribution is 5.92. The van der Waals surface area contributed by atoms with Crippen molar-refractivity contribution in [2.75, 3.05) is 12.4 Å². The molecule has 21 heavy (non-hydrogen) atoms. The maximum absolute atomic E-state index is 12.0. The summed E-state index contributed by atoms with van der Waals surface area (Å²) >= 11 is 0. The lowest BCUT2D eigenvalue weighted by molar-refractivity contribution is -0.144. The average Bonchev–Trinajstić information content (AvgIpc) is 2.51. The Balaban J connectivity index is 2.71. The summed E-state index contributed by atoms with van der Waals surface area (Å²) in [6, 6.07) is 6.57. The van der Waals surface area contributed by atoms with E-state index in [1.54, 1.807) is 0 Å². The van der Waals surface area contributed by atoms with Crippen molar-refractivity contribution < 1.29 is 14.3 Å². The summed E-state index contributed by atoms with van der Waals surface area (Å²) in [5, 5.41) is 5.43. The van der Waals surface area contributed by atoms with Crippen LogP contribution in [0.5, 0.6) is 0 Å². The maximum Gasteiger partial charge on any atom is 0.328 e. The van der Waals surface area contributed by atoms with Gasteiger partial charge in [0.1, 0.15) is 6.04 Å². The normalized spacial score (nSPS) is 13.1. The lowest BCUT2D eigenvalue weighted by Crippen LogP contribution is -2.47. The Hall–Kier alpha value is -2.04. The Labute approximate surface area is 126 Å². The summed E-state index contributed by atoms with van der Waals surface area (Å²) in [5.41, 5.74) is 1.85. The fourth-order valence-corrected chi connectivity index (χ4v) is 1.97. The summed E-state index contributed by atoms with van der Waals surface area (Å²) < 4.78 is 4.74. The van der Waals surface area contributed by atoms with Crippen molar-refractivity contribution in [2.24, 2.45) is 5.92 Å². The average molecular weight is 292 g/mol. The van der Waals surface area contributed by atoms with Crippen LogP contribution in [0.15, 0.2) is 24.3 Å². The first-order valence-electron chi connectivity index (χ1n) is 7.26. The van der Waals surface area contributed by atoms with Gasteiger partial charge >= 0.3 is 12.0 Å². The van der Waals surface area contributed by atoms with Crippen molar-refractivity contribution in [3.05, 3.63) is 29.8 Å². The molecule has 0 spiro atoms. The number of nitrogens with one attached hydrogen (secondary N) is 2. The van der Waals surface area contributed by atoms with Crippen LogP contribution in [0.3, 0.4) is 0 Å². The number of methoxy groups -OCH3 is 1. The third-order valence-electron chi connectivity index (χ3n) is 3.55. The van der Waals surface area contributed by atoms with Crippen LogP contribution in [0.4, 0.5) is 10.5 Å². The molecule has 0 saturated heterocycles. The van der Waals surface area contributed by atoms with E-state index in [0.717, 1.165) is 18.4 Å². The van der Waals surface area contributed by atoms with Gasteiger partial charge in [-0.05, 0) is 30.0 Å². The fourth-order valence-electron chi connectivity index (χ4n) is 1.97. The SMILES string of the molecule is CCc1cccc(NC(=O)N[C@H](C(=O)OC)[C@H](C)CC)c1. The first-order chi connectivity index (χ1) is 10.0. The predicted octanol–water partition coefficient (Wildman–Crippen LogP) is 2.96. The number of carbonyl (C=O) groups is 2. The Morgan fingerprint density at radius 2 is 2.00 bits per heavy atom. The highest BCUT2D eigenvalue weighted by Crippen LogP contribution is 2.12. The van der Waals surface area contributed by atoms with Gasteiger partial charge < -0.3 is 15.4 Å². The Kier molecular flexibility index (Phi) is 6.72. The molecule has 0 unspecified atom stereocenters. The maximum atomic E-state index is 12.0. The van der Waals surface area contributed by atoms with Gasteiger partial charge in [0, 0.05) is 5.69 Å². The van der Waals surface area contributed by atoms with Gasteiger partial charge in [-0.15, -0.1) is 0 Å². The third-order valence-corrected chi connectivity index (χ3v) is 3.55. The van der Waals surface area contributed by atoms with Crippen LogP contribution in [0, 0.1) is 5.92 Å². The number of ether oxygens (including phenoxy) is 1. The molecular weight excluding hydrogens is 268 g/mol. The standard InChI is InChI=1S/C16H24N2O3/c1-5-11(3)14(15(19)21-4)18-16(20)17-13-9-7-8-12(6-2)10-13/h7-11,14H,5-6H2,1-4H3,(H2,17,18,20)/t11-,14+/m1/s1. The summed E-state index contributed by atoms with van der Waals surface area (Å²) in [6.07, 6.45) is 1.67. The number of urea groups is 1. The number of carbonyl (C=O) groups excluding carboxylic acids is 2. The minimum atomic E-state index is -0.644. The highest BCUT2D eigenvalue weighted by Gasteiger charge is 2.26. The number of aryl methyl sites for hydroxylation is 1. The first kappa shape index (κ1) is 17.0. The fraction of sp³-hybridized carbons (Fsp3) is 0.500. The smallest absolute Gasteiger partial charge is 0.328 e. The number of benzene rings is 1. The summed E-state index contributed by atoms with van der Waals surface area (Å²) in [6.45, 7) is 5.92. The predicted molar refractivity (Wildman–Crippen MR) is 83.2 cm³/mol. The summed E-state index contributed by atoms with van der Waals surface area (Å²) in [7, 11) is 1.32. The molecule has 5 heteroatoms. The molecule has 0 aliphatic heterocycles. The number of hydrogen-bond acceptors (Lipinski definition) is 3. The number of amides is 2. The van der Waals surface area contributed by atoms with E-state index in [4.69, 9.17) is 4.74 Å². The van der Waals surface area contributed by atoms with Crippen LogP contribution in [0.1, 0.15) is 32.8 Å². The third kappa shape index (κ3) is 5.10. The van der Waals surface area contributed by atoms with Crippen molar-refractivity contribution in [1.82, 2.24) is 5.32 Å². The van der Waals surface area contributed by atoms with Gasteiger partial charge in [-0.3, -0.25) is 0 Å². The highest BCUT2D eigenvalue weighted by atomic mass is 16.5. The minimum Gasteiger partial charge on any atom is -0.467 e. The number of esters is 1. The molecule has 0 aliphatic rings. The minimum absolute atomic E-state index is 0.00479. The molecule has 2 N–H and O–H groups in total. The first-order valence-corrected chi connectivity index (χ1v) is 7.26.